The Labute approximate surface area is 113 Å². The topological polar surface area (TPSA) is 36.3 Å². The third-order valence-electron chi connectivity index (χ3n) is 2.62. The molecule has 0 saturated carbocycles. The molecule has 0 amide bonds. The number of nitriles is 1. The van der Waals surface area contributed by atoms with Crippen LogP contribution in [0.1, 0.15) is 11.1 Å². The fourth-order valence-corrected chi connectivity index (χ4v) is 1.79. The monoisotopic (exact) mass is 252 g/mol. The van der Waals surface area contributed by atoms with Crippen molar-refractivity contribution in [2.45, 2.75) is 6.54 Å². The van der Waals surface area contributed by atoms with E-state index in [1.807, 2.05) is 50.5 Å². The summed E-state index contributed by atoms with van der Waals surface area (Å²) >= 11 is 0. The molecule has 0 aliphatic heterocycles. The van der Waals surface area contributed by atoms with Crippen molar-refractivity contribution in [3.8, 4) is 17.6 Å². The molecular weight excluding hydrogens is 236 g/mol. The first-order valence-electron chi connectivity index (χ1n) is 6.09. The van der Waals surface area contributed by atoms with Crippen LogP contribution in [0.4, 0.5) is 0 Å². The maximum absolute atomic E-state index is 8.84. The highest BCUT2D eigenvalue weighted by Crippen LogP contribution is 2.22. The first kappa shape index (κ1) is 13.1. The van der Waals surface area contributed by atoms with E-state index in [1.165, 1.54) is 5.56 Å². The molecule has 0 saturated heterocycles. The number of benzene rings is 2. The van der Waals surface area contributed by atoms with Gasteiger partial charge >= 0.3 is 0 Å². The molecule has 0 fully saturated rings. The van der Waals surface area contributed by atoms with Crippen LogP contribution in [0.5, 0.6) is 11.5 Å². The van der Waals surface area contributed by atoms with Crippen LogP contribution >= 0.6 is 0 Å². The minimum absolute atomic E-state index is 0.599. The Morgan fingerprint density at radius 2 is 1.79 bits per heavy atom. The van der Waals surface area contributed by atoms with Crippen molar-refractivity contribution >= 4 is 0 Å². The van der Waals surface area contributed by atoms with Gasteiger partial charge in [0.15, 0.2) is 0 Å². The summed E-state index contributed by atoms with van der Waals surface area (Å²) in [5.41, 5.74) is 1.84. The zero-order chi connectivity index (χ0) is 13.7. The van der Waals surface area contributed by atoms with Crippen LogP contribution in [0.15, 0.2) is 48.5 Å². The smallest absolute Gasteiger partial charge is 0.128 e. The van der Waals surface area contributed by atoms with Crippen molar-refractivity contribution in [1.29, 1.82) is 5.26 Å². The van der Waals surface area contributed by atoms with Gasteiger partial charge in [-0.1, -0.05) is 18.2 Å². The Balaban J connectivity index is 2.09. The minimum atomic E-state index is 0.599. The molecule has 0 radical (unpaired) electrons. The van der Waals surface area contributed by atoms with Crippen LogP contribution in [0.25, 0.3) is 0 Å². The van der Waals surface area contributed by atoms with Gasteiger partial charge in [0.25, 0.3) is 0 Å². The quantitative estimate of drug-likeness (QED) is 0.836. The lowest BCUT2D eigenvalue weighted by atomic mass is 10.2. The number of hydrogen-bond acceptors (Lipinski definition) is 3. The zero-order valence-electron chi connectivity index (χ0n) is 11.1. The summed E-state index contributed by atoms with van der Waals surface area (Å²) in [5.74, 6) is 1.46. The molecule has 0 aliphatic carbocycles. The highest BCUT2D eigenvalue weighted by molar-refractivity contribution is 5.39. The summed E-state index contributed by atoms with van der Waals surface area (Å²) in [6.07, 6.45) is 0. The van der Waals surface area contributed by atoms with Crippen molar-refractivity contribution in [3.05, 3.63) is 59.7 Å². The van der Waals surface area contributed by atoms with E-state index in [0.717, 1.165) is 12.3 Å². The molecule has 0 heterocycles. The number of ether oxygens (including phenoxy) is 1. The Hall–Kier alpha value is -2.31. The van der Waals surface area contributed by atoms with E-state index in [1.54, 1.807) is 12.1 Å². The van der Waals surface area contributed by atoms with E-state index < -0.39 is 0 Å². The number of nitrogens with zero attached hydrogens (tertiary/aromatic N) is 2. The number of rotatable bonds is 4. The van der Waals surface area contributed by atoms with E-state index >= 15 is 0 Å². The average molecular weight is 252 g/mol. The molecule has 96 valence electrons. The van der Waals surface area contributed by atoms with Gasteiger partial charge in [0.1, 0.15) is 11.5 Å². The van der Waals surface area contributed by atoms with Gasteiger partial charge in [-0.25, -0.2) is 0 Å². The van der Waals surface area contributed by atoms with Gasteiger partial charge in [-0.3, -0.25) is 0 Å². The highest BCUT2D eigenvalue weighted by Gasteiger charge is 2.00. The fraction of sp³-hybridized carbons (Fsp3) is 0.188. The predicted molar refractivity (Wildman–Crippen MR) is 75.1 cm³/mol. The largest absolute Gasteiger partial charge is 0.457 e. The zero-order valence-corrected chi connectivity index (χ0v) is 11.1. The Kier molecular flexibility index (Phi) is 4.17. The maximum atomic E-state index is 8.84. The highest BCUT2D eigenvalue weighted by atomic mass is 16.5. The van der Waals surface area contributed by atoms with Crippen LogP contribution in [-0.4, -0.2) is 19.0 Å². The summed E-state index contributed by atoms with van der Waals surface area (Å²) in [5, 5.41) is 8.84. The summed E-state index contributed by atoms with van der Waals surface area (Å²) in [6, 6.07) is 17.2. The Morgan fingerprint density at radius 3 is 2.42 bits per heavy atom. The third-order valence-corrected chi connectivity index (χ3v) is 2.62. The van der Waals surface area contributed by atoms with Gasteiger partial charge in [0, 0.05) is 6.54 Å². The molecule has 0 aromatic heterocycles. The average Bonchev–Trinajstić information content (AvgIpc) is 2.41. The second kappa shape index (κ2) is 6.03. The van der Waals surface area contributed by atoms with Crippen LogP contribution in [-0.2, 0) is 6.54 Å². The molecule has 19 heavy (non-hydrogen) atoms. The molecule has 0 N–H and O–H groups in total. The van der Waals surface area contributed by atoms with Crippen molar-refractivity contribution in [1.82, 2.24) is 4.90 Å². The van der Waals surface area contributed by atoms with Gasteiger partial charge in [0.05, 0.1) is 11.6 Å². The van der Waals surface area contributed by atoms with Crippen molar-refractivity contribution in [2.24, 2.45) is 0 Å². The second-order valence-electron chi connectivity index (χ2n) is 4.62. The minimum Gasteiger partial charge on any atom is -0.457 e. The summed E-state index contributed by atoms with van der Waals surface area (Å²) in [7, 11) is 4.08. The van der Waals surface area contributed by atoms with Crippen LogP contribution < -0.4 is 4.74 Å². The molecule has 0 spiro atoms. The van der Waals surface area contributed by atoms with Crippen LogP contribution in [0.3, 0.4) is 0 Å². The Morgan fingerprint density at radius 1 is 1.05 bits per heavy atom. The van der Waals surface area contributed by atoms with Crippen molar-refractivity contribution in [3.63, 3.8) is 0 Å². The summed E-state index contributed by atoms with van der Waals surface area (Å²) in [4.78, 5) is 2.12. The van der Waals surface area contributed by atoms with Crippen molar-refractivity contribution in [2.75, 3.05) is 14.1 Å². The van der Waals surface area contributed by atoms with Gasteiger partial charge in [-0.15, -0.1) is 0 Å². The Bertz CT molecular complexity index is 582. The molecular formula is C16H16N2O. The van der Waals surface area contributed by atoms with Gasteiger partial charge in [-0.05, 0) is 50.0 Å². The summed E-state index contributed by atoms with van der Waals surface area (Å²) in [6.45, 7) is 0.907. The molecule has 2 aromatic carbocycles. The molecule has 0 unspecified atom stereocenters. The molecule has 2 aromatic rings. The SMILES string of the molecule is CN(C)Cc1ccc(Oc2cccc(C#N)c2)cc1. The standard InChI is InChI=1S/C16H16N2O/c1-18(2)12-13-6-8-15(9-7-13)19-16-5-3-4-14(10-16)11-17/h3-10H,12H2,1-2H3. The van der Waals surface area contributed by atoms with E-state index in [9.17, 15) is 0 Å². The lowest BCUT2D eigenvalue weighted by molar-refractivity contribution is 0.402. The fourth-order valence-electron chi connectivity index (χ4n) is 1.79. The first-order chi connectivity index (χ1) is 9.17. The maximum Gasteiger partial charge on any atom is 0.128 e. The van der Waals surface area contributed by atoms with E-state index in [-0.39, 0.29) is 0 Å². The van der Waals surface area contributed by atoms with Gasteiger partial charge < -0.3 is 9.64 Å². The van der Waals surface area contributed by atoms with Crippen molar-refractivity contribution < 1.29 is 4.74 Å². The van der Waals surface area contributed by atoms with Gasteiger partial charge in [0.2, 0.25) is 0 Å². The molecule has 0 bridgehead atoms. The van der Waals surface area contributed by atoms with E-state index in [0.29, 0.717) is 11.3 Å². The molecule has 3 heteroatoms. The summed E-state index contributed by atoms with van der Waals surface area (Å²) < 4.78 is 5.72. The van der Waals surface area contributed by atoms with Gasteiger partial charge in [-0.2, -0.15) is 5.26 Å². The lowest BCUT2D eigenvalue weighted by Gasteiger charge is -2.10. The number of hydrogen-bond donors (Lipinski definition) is 0. The van der Waals surface area contributed by atoms with E-state index in [4.69, 9.17) is 10.00 Å². The molecule has 0 aliphatic rings. The lowest BCUT2D eigenvalue weighted by Crippen LogP contribution is -2.10. The van der Waals surface area contributed by atoms with Crippen LogP contribution in [0, 0.1) is 11.3 Å². The first-order valence-corrected chi connectivity index (χ1v) is 6.09. The molecule has 0 atom stereocenters. The molecule has 2 rings (SSSR count). The molecule has 3 nitrogen and oxygen atoms in total. The third kappa shape index (κ3) is 3.84. The normalized spacial score (nSPS) is 10.2. The predicted octanol–water partition coefficient (Wildman–Crippen LogP) is 3.41. The van der Waals surface area contributed by atoms with Crippen LogP contribution in [0.2, 0.25) is 0 Å². The second-order valence-corrected chi connectivity index (χ2v) is 4.62. The van der Waals surface area contributed by atoms with E-state index in [2.05, 4.69) is 11.0 Å².